The number of halogens is 1. The van der Waals surface area contributed by atoms with E-state index in [9.17, 15) is 4.79 Å². The fraction of sp³-hybridized carbons (Fsp3) is 0.478. The Balaban J connectivity index is 1.46. The van der Waals surface area contributed by atoms with E-state index in [1.54, 1.807) is 12.1 Å². The number of hydrogen-bond acceptors (Lipinski definition) is 5. The molecule has 3 aromatic rings. The lowest BCUT2D eigenvalue weighted by molar-refractivity contribution is 0.0599. The third kappa shape index (κ3) is 3.87. The number of piperidine rings is 1. The minimum atomic E-state index is -0.0747. The van der Waals surface area contributed by atoms with Gasteiger partial charge < -0.3 is 9.80 Å². The average molecular weight is 439 g/mol. The molecule has 162 valence electrons. The van der Waals surface area contributed by atoms with Gasteiger partial charge in [-0.25, -0.2) is 14.5 Å². The Bertz CT molecular complexity index is 1110. The molecule has 0 spiro atoms. The monoisotopic (exact) mass is 438 g/mol. The van der Waals surface area contributed by atoms with E-state index in [4.69, 9.17) is 21.7 Å². The van der Waals surface area contributed by atoms with Gasteiger partial charge in [0.25, 0.3) is 5.91 Å². The molecule has 5 rings (SSSR count). The molecule has 7 nitrogen and oxygen atoms in total. The summed E-state index contributed by atoms with van der Waals surface area (Å²) in [6, 6.07) is 5.36. The van der Waals surface area contributed by atoms with Crippen LogP contribution in [0.15, 0.2) is 30.6 Å². The van der Waals surface area contributed by atoms with Gasteiger partial charge in [0.15, 0.2) is 5.65 Å². The molecule has 5 heterocycles. The number of aromatic nitrogens is 4. The molecule has 0 aliphatic carbocycles. The number of nitrogens with zero attached hydrogens (tertiary/aromatic N) is 6. The van der Waals surface area contributed by atoms with Gasteiger partial charge in [0, 0.05) is 43.7 Å². The minimum Gasteiger partial charge on any atom is -0.356 e. The summed E-state index contributed by atoms with van der Waals surface area (Å²) < 4.78 is 1.85. The van der Waals surface area contributed by atoms with Crippen LogP contribution in [0, 0.1) is 12.8 Å². The summed E-state index contributed by atoms with van der Waals surface area (Å²) in [5.74, 6) is 1.67. The lowest BCUT2D eigenvalue weighted by atomic mass is 9.99. The van der Waals surface area contributed by atoms with E-state index in [0.717, 1.165) is 55.1 Å². The van der Waals surface area contributed by atoms with E-state index < -0.39 is 0 Å². The first-order valence-electron chi connectivity index (χ1n) is 11.0. The van der Waals surface area contributed by atoms with Crippen molar-refractivity contribution in [2.24, 2.45) is 5.92 Å². The zero-order chi connectivity index (χ0) is 21.5. The molecule has 0 N–H and O–H groups in total. The highest BCUT2D eigenvalue weighted by Crippen LogP contribution is 2.33. The van der Waals surface area contributed by atoms with Crippen molar-refractivity contribution in [1.29, 1.82) is 0 Å². The fourth-order valence-corrected chi connectivity index (χ4v) is 4.87. The van der Waals surface area contributed by atoms with Crippen molar-refractivity contribution < 1.29 is 4.79 Å². The lowest BCUT2D eigenvalue weighted by Gasteiger charge is -2.34. The van der Waals surface area contributed by atoms with E-state index in [1.165, 1.54) is 12.6 Å². The largest absolute Gasteiger partial charge is 0.356 e. The molecule has 2 saturated heterocycles. The van der Waals surface area contributed by atoms with Crippen LogP contribution in [0.2, 0.25) is 5.02 Å². The highest BCUT2D eigenvalue weighted by molar-refractivity contribution is 6.30. The van der Waals surface area contributed by atoms with Crippen molar-refractivity contribution in [3.63, 3.8) is 0 Å². The maximum absolute atomic E-state index is 13.2. The van der Waals surface area contributed by atoms with Crippen LogP contribution < -0.4 is 4.90 Å². The Morgan fingerprint density at radius 1 is 1.19 bits per heavy atom. The van der Waals surface area contributed by atoms with Crippen molar-refractivity contribution in [1.82, 2.24) is 24.5 Å². The summed E-state index contributed by atoms with van der Waals surface area (Å²) in [6.45, 7) is 7.17. The first-order valence-corrected chi connectivity index (χ1v) is 11.4. The first-order chi connectivity index (χ1) is 15.0. The van der Waals surface area contributed by atoms with Gasteiger partial charge in [-0.2, -0.15) is 5.10 Å². The van der Waals surface area contributed by atoms with Crippen LogP contribution in [0.3, 0.4) is 0 Å². The molecule has 2 atom stereocenters. The summed E-state index contributed by atoms with van der Waals surface area (Å²) in [5, 5.41) is 5.35. The second-order valence-electron chi connectivity index (χ2n) is 8.83. The molecule has 0 unspecified atom stereocenters. The first kappa shape index (κ1) is 20.2. The summed E-state index contributed by atoms with van der Waals surface area (Å²) in [5.41, 5.74) is 3.26. The second kappa shape index (κ2) is 8.11. The zero-order valence-corrected chi connectivity index (χ0v) is 18.7. The molecule has 8 heteroatoms. The molecule has 3 aromatic heterocycles. The van der Waals surface area contributed by atoms with Crippen molar-refractivity contribution in [3.8, 4) is 0 Å². The predicted octanol–water partition coefficient (Wildman–Crippen LogP) is 4.30. The molecular weight excluding hydrogens is 412 g/mol. The van der Waals surface area contributed by atoms with Gasteiger partial charge in [0.1, 0.15) is 11.5 Å². The molecule has 0 radical (unpaired) electrons. The van der Waals surface area contributed by atoms with Crippen LogP contribution in [0.5, 0.6) is 0 Å². The maximum atomic E-state index is 13.2. The number of carbonyl (C=O) groups is 1. The molecule has 2 fully saturated rings. The van der Waals surface area contributed by atoms with Crippen molar-refractivity contribution >= 4 is 29.0 Å². The van der Waals surface area contributed by atoms with Gasteiger partial charge in [-0.05, 0) is 50.7 Å². The summed E-state index contributed by atoms with van der Waals surface area (Å²) in [7, 11) is 0. The topological polar surface area (TPSA) is 66.6 Å². The number of anilines is 1. The van der Waals surface area contributed by atoms with Crippen LogP contribution in [0.4, 0.5) is 5.82 Å². The van der Waals surface area contributed by atoms with Crippen molar-refractivity contribution in [2.45, 2.75) is 45.6 Å². The lowest BCUT2D eigenvalue weighted by Crippen LogP contribution is -2.39. The Morgan fingerprint density at radius 3 is 2.81 bits per heavy atom. The molecular formula is C23H27ClN6O. The Kier molecular flexibility index (Phi) is 5.30. The van der Waals surface area contributed by atoms with E-state index in [1.807, 2.05) is 15.5 Å². The number of fused-ring (bicyclic) bond motifs is 1. The van der Waals surface area contributed by atoms with Crippen LogP contribution in [-0.2, 0) is 0 Å². The second-order valence-corrected chi connectivity index (χ2v) is 9.27. The Labute approximate surface area is 187 Å². The standard InChI is InChI=1S/C23H27ClN6O/c1-15-8-10-28(13-15)22-16(2)14-30-21(26-22)11-19(27-30)20-5-3-4-9-29(20)23(31)18-7-6-17(24)12-25-18/h6-7,11-12,14-15,20H,3-5,8-10,13H2,1-2H3/t15-,20-/m0/s1. The van der Waals surface area contributed by atoms with Gasteiger partial charge in [0.2, 0.25) is 0 Å². The third-order valence-corrected chi connectivity index (χ3v) is 6.62. The summed E-state index contributed by atoms with van der Waals surface area (Å²) >= 11 is 5.94. The average Bonchev–Trinajstić information content (AvgIpc) is 3.39. The number of rotatable bonds is 3. The quantitative estimate of drug-likeness (QED) is 0.609. The summed E-state index contributed by atoms with van der Waals surface area (Å²) in [6.07, 6.45) is 7.72. The predicted molar refractivity (Wildman–Crippen MR) is 121 cm³/mol. The molecule has 2 aliphatic rings. The number of hydrogen-bond donors (Lipinski definition) is 0. The van der Waals surface area contributed by atoms with Gasteiger partial charge >= 0.3 is 0 Å². The normalized spacial score (nSPS) is 21.8. The van der Waals surface area contributed by atoms with E-state index in [-0.39, 0.29) is 11.9 Å². The van der Waals surface area contributed by atoms with Gasteiger partial charge in [-0.1, -0.05) is 18.5 Å². The van der Waals surface area contributed by atoms with E-state index in [2.05, 4.69) is 29.9 Å². The SMILES string of the molecule is Cc1cn2nc([C@@H]3CCCCN3C(=O)c3ccc(Cl)cn3)cc2nc1N1CC[C@H](C)C1. The highest BCUT2D eigenvalue weighted by atomic mass is 35.5. The number of amides is 1. The maximum Gasteiger partial charge on any atom is 0.273 e. The number of likely N-dealkylation sites (tertiary alicyclic amines) is 1. The van der Waals surface area contributed by atoms with E-state index >= 15 is 0 Å². The van der Waals surface area contributed by atoms with Crippen LogP contribution in [0.25, 0.3) is 5.65 Å². The molecule has 1 amide bonds. The molecule has 31 heavy (non-hydrogen) atoms. The highest BCUT2D eigenvalue weighted by Gasteiger charge is 2.31. The van der Waals surface area contributed by atoms with Gasteiger partial charge in [0.05, 0.1) is 16.8 Å². The number of aryl methyl sites for hydroxylation is 1. The summed E-state index contributed by atoms with van der Waals surface area (Å²) in [4.78, 5) is 26.6. The van der Waals surface area contributed by atoms with Crippen LogP contribution in [-0.4, -0.2) is 50.0 Å². The molecule has 0 aromatic carbocycles. The number of carbonyl (C=O) groups excluding carboxylic acids is 1. The van der Waals surface area contributed by atoms with Crippen LogP contribution >= 0.6 is 11.6 Å². The molecule has 0 saturated carbocycles. The van der Waals surface area contributed by atoms with E-state index in [0.29, 0.717) is 23.2 Å². The van der Waals surface area contributed by atoms with Crippen LogP contribution in [0.1, 0.15) is 60.4 Å². The number of pyridine rings is 1. The fourth-order valence-electron chi connectivity index (χ4n) is 4.76. The Morgan fingerprint density at radius 2 is 2.06 bits per heavy atom. The molecule has 2 aliphatic heterocycles. The van der Waals surface area contributed by atoms with Crippen molar-refractivity contribution in [2.75, 3.05) is 24.5 Å². The van der Waals surface area contributed by atoms with Gasteiger partial charge in [-0.15, -0.1) is 0 Å². The van der Waals surface area contributed by atoms with Crippen molar-refractivity contribution in [3.05, 3.63) is 52.6 Å². The third-order valence-electron chi connectivity index (χ3n) is 6.40. The molecule has 0 bridgehead atoms. The Hall–Kier alpha value is -2.67. The smallest absolute Gasteiger partial charge is 0.273 e. The minimum absolute atomic E-state index is 0.0732. The van der Waals surface area contributed by atoms with Gasteiger partial charge in [-0.3, -0.25) is 4.79 Å². The zero-order valence-electron chi connectivity index (χ0n) is 18.0.